The molecule has 0 aliphatic carbocycles. The Morgan fingerprint density at radius 3 is 2.90 bits per heavy atom. The van der Waals surface area contributed by atoms with Crippen LogP contribution in [0.4, 0.5) is 5.82 Å². The fraction of sp³-hybridized carbons (Fsp3) is 0.438. The van der Waals surface area contributed by atoms with Gasteiger partial charge >= 0.3 is 0 Å². The Labute approximate surface area is 118 Å². The fourth-order valence-corrected chi connectivity index (χ4v) is 2.95. The van der Waals surface area contributed by atoms with E-state index in [-0.39, 0.29) is 13.2 Å². The molecule has 2 heterocycles. The molecule has 0 bridgehead atoms. The van der Waals surface area contributed by atoms with Crippen molar-refractivity contribution in [1.29, 1.82) is 0 Å². The summed E-state index contributed by atoms with van der Waals surface area (Å²) in [6.45, 7) is 2.06. The number of nitrogens with zero attached hydrogens (tertiary/aromatic N) is 2. The normalized spacial score (nSPS) is 19.5. The van der Waals surface area contributed by atoms with Gasteiger partial charge in [-0.25, -0.2) is 4.98 Å². The molecule has 0 saturated carbocycles. The van der Waals surface area contributed by atoms with Crippen LogP contribution in [0.1, 0.15) is 18.4 Å². The van der Waals surface area contributed by atoms with Gasteiger partial charge < -0.3 is 15.1 Å². The molecular formula is C16H20N2O2. The van der Waals surface area contributed by atoms with Crippen molar-refractivity contribution in [2.24, 2.45) is 5.92 Å². The predicted molar refractivity (Wildman–Crippen MR) is 79.7 cm³/mol. The zero-order valence-corrected chi connectivity index (χ0v) is 11.5. The first kappa shape index (κ1) is 13.3. The summed E-state index contributed by atoms with van der Waals surface area (Å²) in [5.41, 5.74) is 1.83. The largest absolute Gasteiger partial charge is 0.396 e. The lowest BCUT2D eigenvalue weighted by Gasteiger charge is -2.33. The van der Waals surface area contributed by atoms with Gasteiger partial charge in [0.15, 0.2) is 0 Å². The number of aliphatic hydroxyl groups is 2. The summed E-state index contributed by atoms with van der Waals surface area (Å²) in [4.78, 5) is 6.93. The molecule has 0 amide bonds. The Hall–Kier alpha value is -1.65. The van der Waals surface area contributed by atoms with Crippen LogP contribution in [0.3, 0.4) is 0 Å². The number of rotatable bonds is 3. The highest BCUT2D eigenvalue weighted by Crippen LogP contribution is 2.26. The summed E-state index contributed by atoms with van der Waals surface area (Å²) < 4.78 is 0. The Morgan fingerprint density at radius 2 is 2.10 bits per heavy atom. The summed E-state index contributed by atoms with van der Waals surface area (Å²) in [5.74, 6) is 1.24. The van der Waals surface area contributed by atoms with Gasteiger partial charge in [0.2, 0.25) is 0 Å². The molecule has 4 heteroatoms. The topological polar surface area (TPSA) is 56.6 Å². The molecule has 106 valence electrons. The van der Waals surface area contributed by atoms with Crippen LogP contribution in [-0.4, -0.2) is 34.9 Å². The number of hydrogen-bond acceptors (Lipinski definition) is 4. The second kappa shape index (κ2) is 5.77. The lowest BCUT2D eigenvalue weighted by atomic mass is 9.99. The number of hydrogen-bond donors (Lipinski definition) is 2. The number of fused-ring (bicyclic) bond motifs is 1. The van der Waals surface area contributed by atoms with E-state index < -0.39 is 0 Å². The van der Waals surface area contributed by atoms with Crippen LogP contribution in [0.15, 0.2) is 30.3 Å². The number of benzene rings is 1. The third kappa shape index (κ3) is 2.49. The van der Waals surface area contributed by atoms with Crippen molar-refractivity contribution in [3.05, 3.63) is 35.9 Å². The Kier molecular flexibility index (Phi) is 3.85. The van der Waals surface area contributed by atoms with Gasteiger partial charge in [0.05, 0.1) is 12.1 Å². The van der Waals surface area contributed by atoms with Gasteiger partial charge in [-0.3, -0.25) is 0 Å². The van der Waals surface area contributed by atoms with Crippen molar-refractivity contribution in [3.63, 3.8) is 0 Å². The lowest BCUT2D eigenvalue weighted by molar-refractivity contribution is 0.208. The first-order valence-corrected chi connectivity index (χ1v) is 7.17. The van der Waals surface area contributed by atoms with Crippen LogP contribution >= 0.6 is 0 Å². The number of aliphatic hydroxyl groups excluding tert-OH is 2. The maximum absolute atomic E-state index is 9.57. The van der Waals surface area contributed by atoms with Crippen LogP contribution in [-0.2, 0) is 6.61 Å². The van der Waals surface area contributed by atoms with E-state index >= 15 is 0 Å². The van der Waals surface area contributed by atoms with Gasteiger partial charge in [-0.2, -0.15) is 0 Å². The smallest absolute Gasteiger partial charge is 0.129 e. The number of aromatic nitrogens is 1. The van der Waals surface area contributed by atoms with Crippen molar-refractivity contribution in [3.8, 4) is 0 Å². The monoisotopic (exact) mass is 272 g/mol. The van der Waals surface area contributed by atoms with E-state index in [9.17, 15) is 10.2 Å². The van der Waals surface area contributed by atoms with Crippen molar-refractivity contribution in [2.45, 2.75) is 19.4 Å². The third-order valence-electron chi connectivity index (χ3n) is 4.06. The fourth-order valence-electron chi connectivity index (χ4n) is 2.95. The van der Waals surface area contributed by atoms with Crippen molar-refractivity contribution >= 4 is 16.7 Å². The highest BCUT2D eigenvalue weighted by atomic mass is 16.3. The molecule has 1 aromatic heterocycles. The van der Waals surface area contributed by atoms with E-state index in [0.29, 0.717) is 5.92 Å². The zero-order chi connectivity index (χ0) is 13.9. The summed E-state index contributed by atoms with van der Waals surface area (Å²) >= 11 is 0. The zero-order valence-electron chi connectivity index (χ0n) is 11.5. The lowest BCUT2D eigenvalue weighted by Crippen LogP contribution is -2.37. The first-order valence-electron chi connectivity index (χ1n) is 7.17. The molecule has 1 atom stereocenters. The molecule has 2 N–H and O–H groups in total. The molecular weight excluding hydrogens is 252 g/mol. The Morgan fingerprint density at radius 1 is 1.25 bits per heavy atom. The van der Waals surface area contributed by atoms with Gasteiger partial charge in [-0.15, -0.1) is 0 Å². The minimum Gasteiger partial charge on any atom is -0.396 e. The van der Waals surface area contributed by atoms with E-state index in [1.165, 1.54) is 0 Å². The molecule has 0 spiro atoms. The van der Waals surface area contributed by atoms with Crippen molar-refractivity contribution in [1.82, 2.24) is 4.98 Å². The van der Waals surface area contributed by atoms with Gasteiger partial charge in [0, 0.05) is 25.1 Å². The molecule has 0 radical (unpaired) electrons. The van der Waals surface area contributed by atoms with Crippen LogP contribution in [0.25, 0.3) is 10.9 Å². The summed E-state index contributed by atoms with van der Waals surface area (Å²) in [5, 5.41) is 19.9. The van der Waals surface area contributed by atoms with Gasteiger partial charge in [-0.05, 0) is 36.5 Å². The van der Waals surface area contributed by atoms with E-state index in [1.54, 1.807) is 0 Å². The molecule has 20 heavy (non-hydrogen) atoms. The number of piperidine rings is 1. The van der Waals surface area contributed by atoms with Crippen LogP contribution in [0.2, 0.25) is 0 Å². The number of pyridine rings is 1. The number of anilines is 1. The predicted octanol–water partition coefficient (Wildman–Crippen LogP) is 1.94. The molecule has 1 aromatic carbocycles. The van der Waals surface area contributed by atoms with Gasteiger partial charge in [0.1, 0.15) is 5.82 Å². The number of para-hydroxylation sites is 1. The first-order chi connectivity index (χ1) is 9.81. The molecule has 2 aromatic rings. The van der Waals surface area contributed by atoms with E-state index in [1.807, 2.05) is 30.3 Å². The van der Waals surface area contributed by atoms with Crippen LogP contribution in [0, 0.1) is 5.92 Å². The highest BCUT2D eigenvalue weighted by Gasteiger charge is 2.21. The van der Waals surface area contributed by atoms with Gasteiger partial charge in [-0.1, -0.05) is 18.2 Å². The molecule has 1 unspecified atom stereocenters. The average Bonchev–Trinajstić information content (AvgIpc) is 2.53. The second-order valence-electron chi connectivity index (χ2n) is 5.45. The van der Waals surface area contributed by atoms with Gasteiger partial charge in [0.25, 0.3) is 0 Å². The molecule has 3 rings (SSSR count). The minimum atomic E-state index is 0.0211. The van der Waals surface area contributed by atoms with E-state index in [4.69, 9.17) is 4.98 Å². The Bertz CT molecular complexity index is 600. The molecule has 4 nitrogen and oxygen atoms in total. The molecule has 1 aliphatic heterocycles. The maximum Gasteiger partial charge on any atom is 0.129 e. The summed E-state index contributed by atoms with van der Waals surface area (Å²) in [6.07, 6.45) is 2.15. The Balaban J connectivity index is 1.99. The highest BCUT2D eigenvalue weighted by molar-refractivity contribution is 5.84. The summed E-state index contributed by atoms with van der Waals surface area (Å²) in [7, 11) is 0. The van der Waals surface area contributed by atoms with Crippen LogP contribution < -0.4 is 4.90 Å². The molecule has 1 saturated heterocycles. The molecule has 1 aliphatic rings. The average molecular weight is 272 g/mol. The molecule has 1 fully saturated rings. The quantitative estimate of drug-likeness (QED) is 0.896. The van der Waals surface area contributed by atoms with Crippen molar-refractivity contribution < 1.29 is 10.2 Å². The van der Waals surface area contributed by atoms with Crippen LogP contribution in [0.5, 0.6) is 0 Å². The van der Waals surface area contributed by atoms with E-state index in [0.717, 1.165) is 48.2 Å². The van der Waals surface area contributed by atoms with E-state index in [2.05, 4.69) is 4.90 Å². The minimum absolute atomic E-state index is 0.0211. The second-order valence-corrected chi connectivity index (χ2v) is 5.45. The third-order valence-corrected chi connectivity index (χ3v) is 4.06. The van der Waals surface area contributed by atoms with Crippen molar-refractivity contribution in [2.75, 3.05) is 24.6 Å². The standard InChI is InChI=1S/C16H20N2O2/c19-10-12-4-3-7-18(9-12)16-8-13(11-20)14-5-1-2-6-15(14)17-16/h1-2,5-6,8,12,19-20H,3-4,7,9-11H2. The summed E-state index contributed by atoms with van der Waals surface area (Å²) in [6, 6.07) is 9.87. The SMILES string of the molecule is OCc1cc(N2CCCC(CO)C2)nc2ccccc12. The maximum atomic E-state index is 9.57.